The first-order chi connectivity index (χ1) is 11.3. The predicted molar refractivity (Wildman–Crippen MR) is 87.2 cm³/mol. The lowest BCUT2D eigenvalue weighted by Gasteiger charge is -2.11. The average Bonchev–Trinajstić information content (AvgIpc) is 3.34. The number of fused-ring (bicyclic) bond motifs is 3. The van der Waals surface area contributed by atoms with Crippen molar-refractivity contribution in [3.8, 4) is 0 Å². The van der Waals surface area contributed by atoms with Crippen LogP contribution in [0.3, 0.4) is 0 Å². The van der Waals surface area contributed by atoms with Gasteiger partial charge in [-0.05, 0) is 48.1 Å². The summed E-state index contributed by atoms with van der Waals surface area (Å²) in [5.74, 6) is 0. The number of ether oxygens (including phenoxy) is 2. The monoisotopic (exact) mass is 309 g/mol. The molecule has 2 aromatic rings. The molecular weight excluding hydrogens is 290 g/mol. The number of hydrogen-bond acceptors (Lipinski definition) is 3. The van der Waals surface area contributed by atoms with E-state index in [1.807, 2.05) is 42.5 Å². The van der Waals surface area contributed by atoms with Gasteiger partial charge in [-0.25, -0.2) is 4.79 Å². The third kappa shape index (κ3) is 3.22. The number of benzene rings is 2. The second-order valence-corrected chi connectivity index (χ2v) is 6.09. The molecule has 1 fully saturated rings. The van der Waals surface area contributed by atoms with Gasteiger partial charge in [0.2, 0.25) is 0 Å². The van der Waals surface area contributed by atoms with E-state index in [0.717, 1.165) is 30.5 Å². The molecule has 1 saturated heterocycles. The van der Waals surface area contributed by atoms with Crippen LogP contribution in [0.1, 0.15) is 35.6 Å². The molecule has 1 heterocycles. The number of nitrogens with one attached hydrogen (secondary N) is 1. The molecule has 4 nitrogen and oxygen atoms in total. The summed E-state index contributed by atoms with van der Waals surface area (Å²) in [6.45, 7) is 0.273. The SMILES string of the molecule is O=C(Nc1ccc2c(c1)CCC[C@@H]1O[C@@H]21)OCc1ccccc1. The van der Waals surface area contributed by atoms with E-state index >= 15 is 0 Å². The molecule has 0 saturated carbocycles. The van der Waals surface area contributed by atoms with Gasteiger partial charge in [-0.2, -0.15) is 0 Å². The number of rotatable bonds is 3. The van der Waals surface area contributed by atoms with E-state index in [0.29, 0.717) is 6.10 Å². The van der Waals surface area contributed by atoms with Gasteiger partial charge in [0.1, 0.15) is 12.7 Å². The van der Waals surface area contributed by atoms with E-state index in [1.165, 1.54) is 11.1 Å². The van der Waals surface area contributed by atoms with Gasteiger partial charge in [0.05, 0.1) is 6.10 Å². The Hall–Kier alpha value is -2.33. The summed E-state index contributed by atoms with van der Waals surface area (Å²) in [6, 6.07) is 15.7. The maximum atomic E-state index is 11.9. The molecule has 4 heteroatoms. The summed E-state index contributed by atoms with van der Waals surface area (Å²) in [5, 5.41) is 2.81. The largest absolute Gasteiger partial charge is 0.444 e. The minimum absolute atomic E-state index is 0.270. The molecule has 1 aliphatic carbocycles. The standard InChI is InChI=1S/C19H19NO3/c21-19(22-12-13-5-2-1-3-6-13)20-15-9-10-16-14(11-15)7-4-8-17-18(16)23-17/h1-3,5-6,9-11,17-18H,4,7-8,12H2,(H,20,21)/t17-,18-/m0/s1. The summed E-state index contributed by atoms with van der Waals surface area (Å²) in [6.07, 6.45) is 3.55. The van der Waals surface area contributed by atoms with Crippen LogP contribution in [0.2, 0.25) is 0 Å². The molecule has 0 radical (unpaired) electrons. The van der Waals surface area contributed by atoms with Crippen LogP contribution in [0.25, 0.3) is 0 Å². The molecule has 118 valence electrons. The number of amides is 1. The first-order valence-electron chi connectivity index (χ1n) is 8.05. The summed E-state index contributed by atoms with van der Waals surface area (Å²) in [4.78, 5) is 11.9. The fraction of sp³-hybridized carbons (Fsp3) is 0.316. The van der Waals surface area contributed by atoms with E-state index < -0.39 is 6.09 Å². The lowest BCUT2D eigenvalue weighted by Crippen LogP contribution is -2.13. The van der Waals surface area contributed by atoms with Gasteiger partial charge < -0.3 is 9.47 Å². The first-order valence-corrected chi connectivity index (χ1v) is 8.05. The van der Waals surface area contributed by atoms with Gasteiger partial charge in [0.25, 0.3) is 0 Å². The molecule has 1 amide bonds. The molecule has 1 aliphatic heterocycles. The maximum Gasteiger partial charge on any atom is 0.411 e. The van der Waals surface area contributed by atoms with Crippen LogP contribution in [0.4, 0.5) is 10.5 Å². The number of epoxide rings is 1. The second kappa shape index (κ2) is 6.05. The number of anilines is 1. The minimum Gasteiger partial charge on any atom is -0.444 e. The molecule has 4 rings (SSSR count). The highest BCUT2D eigenvalue weighted by Gasteiger charge is 2.42. The Balaban J connectivity index is 1.39. The fourth-order valence-electron chi connectivity index (χ4n) is 3.18. The Labute approximate surface area is 135 Å². The van der Waals surface area contributed by atoms with E-state index in [9.17, 15) is 4.79 Å². The highest BCUT2D eigenvalue weighted by atomic mass is 16.6. The molecule has 0 bridgehead atoms. The predicted octanol–water partition coefficient (Wildman–Crippen LogP) is 4.21. The Morgan fingerprint density at radius 1 is 1.22 bits per heavy atom. The number of carbonyl (C=O) groups excluding carboxylic acids is 1. The topological polar surface area (TPSA) is 50.9 Å². The molecular formula is C19H19NO3. The van der Waals surface area contributed by atoms with Crippen LogP contribution in [0.5, 0.6) is 0 Å². The van der Waals surface area contributed by atoms with Gasteiger partial charge in [-0.1, -0.05) is 36.4 Å². The van der Waals surface area contributed by atoms with E-state index in [4.69, 9.17) is 9.47 Å². The van der Waals surface area contributed by atoms with Gasteiger partial charge in [0.15, 0.2) is 0 Å². The van der Waals surface area contributed by atoms with Crippen molar-refractivity contribution in [3.63, 3.8) is 0 Å². The summed E-state index contributed by atoms with van der Waals surface area (Å²) < 4.78 is 10.9. The van der Waals surface area contributed by atoms with Crippen LogP contribution in [-0.2, 0) is 22.5 Å². The van der Waals surface area contributed by atoms with Crippen molar-refractivity contribution in [3.05, 3.63) is 65.2 Å². The van der Waals surface area contributed by atoms with Gasteiger partial charge in [-0.15, -0.1) is 0 Å². The van der Waals surface area contributed by atoms with Crippen LogP contribution >= 0.6 is 0 Å². The van der Waals surface area contributed by atoms with Crippen molar-refractivity contribution in [2.75, 3.05) is 5.32 Å². The number of hydrogen-bond donors (Lipinski definition) is 1. The Morgan fingerprint density at radius 2 is 2.09 bits per heavy atom. The molecule has 2 aliphatic rings. The third-order valence-corrected chi connectivity index (χ3v) is 4.43. The van der Waals surface area contributed by atoms with Crippen LogP contribution in [0.15, 0.2) is 48.5 Å². The molecule has 0 unspecified atom stereocenters. The van der Waals surface area contributed by atoms with Crippen molar-refractivity contribution in [2.45, 2.75) is 38.1 Å². The zero-order chi connectivity index (χ0) is 15.6. The average molecular weight is 309 g/mol. The molecule has 0 spiro atoms. The Bertz CT molecular complexity index is 714. The molecule has 2 aromatic carbocycles. The van der Waals surface area contributed by atoms with Crippen molar-refractivity contribution < 1.29 is 14.3 Å². The lowest BCUT2D eigenvalue weighted by atomic mass is 10.0. The first kappa shape index (κ1) is 14.3. The van der Waals surface area contributed by atoms with E-state index in [2.05, 4.69) is 11.4 Å². The Morgan fingerprint density at radius 3 is 2.96 bits per heavy atom. The highest BCUT2D eigenvalue weighted by molar-refractivity contribution is 5.84. The second-order valence-electron chi connectivity index (χ2n) is 6.09. The molecule has 23 heavy (non-hydrogen) atoms. The normalized spacial score (nSPS) is 21.6. The molecule has 1 N–H and O–H groups in total. The van der Waals surface area contributed by atoms with Crippen molar-refractivity contribution in [1.29, 1.82) is 0 Å². The fourth-order valence-corrected chi connectivity index (χ4v) is 3.18. The van der Waals surface area contributed by atoms with Gasteiger partial charge in [0, 0.05) is 5.69 Å². The highest BCUT2D eigenvalue weighted by Crippen LogP contribution is 2.46. The smallest absolute Gasteiger partial charge is 0.411 e. The van der Waals surface area contributed by atoms with E-state index in [1.54, 1.807) is 0 Å². The van der Waals surface area contributed by atoms with Crippen LogP contribution in [0, 0.1) is 0 Å². The minimum atomic E-state index is -0.428. The number of aryl methyl sites for hydroxylation is 1. The van der Waals surface area contributed by atoms with Crippen molar-refractivity contribution >= 4 is 11.8 Å². The Kier molecular flexibility index (Phi) is 3.75. The third-order valence-electron chi connectivity index (χ3n) is 4.43. The number of carbonyl (C=O) groups is 1. The molecule has 2 atom stereocenters. The zero-order valence-corrected chi connectivity index (χ0v) is 12.8. The van der Waals surface area contributed by atoms with Crippen LogP contribution < -0.4 is 5.32 Å². The summed E-state index contributed by atoms with van der Waals surface area (Å²) in [5.41, 5.74) is 4.30. The summed E-state index contributed by atoms with van der Waals surface area (Å²) >= 11 is 0. The summed E-state index contributed by atoms with van der Waals surface area (Å²) in [7, 11) is 0. The quantitative estimate of drug-likeness (QED) is 0.864. The van der Waals surface area contributed by atoms with Crippen molar-refractivity contribution in [2.24, 2.45) is 0 Å². The van der Waals surface area contributed by atoms with Crippen molar-refractivity contribution in [1.82, 2.24) is 0 Å². The van der Waals surface area contributed by atoms with Gasteiger partial charge >= 0.3 is 6.09 Å². The molecule has 0 aromatic heterocycles. The zero-order valence-electron chi connectivity index (χ0n) is 12.8. The van der Waals surface area contributed by atoms with E-state index in [-0.39, 0.29) is 12.7 Å². The lowest BCUT2D eigenvalue weighted by molar-refractivity contribution is 0.155. The van der Waals surface area contributed by atoms with Gasteiger partial charge in [-0.3, -0.25) is 5.32 Å². The maximum absolute atomic E-state index is 11.9. The van der Waals surface area contributed by atoms with Crippen LogP contribution in [-0.4, -0.2) is 12.2 Å².